The van der Waals surface area contributed by atoms with Crippen molar-refractivity contribution in [3.05, 3.63) is 101 Å². The molecule has 1 N–H and O–H groups in total. The largest absolute Gasteiger partial charge is 0.489 e. The van der Waals surface area contributed by atoms with Crippen LogP contribution >= 0.6 is 0 Å². The maximum absolute atomic E-state index is 13.3. The van der Waals surface area contributed by atoms with Crippen molar-refractivity contribution in [3.8, 4) is 5.75 Å². The SMILES string of the molecule is CC(C)c1cccc(C(C)C)c1NC(=O)CC1=C(c2ccccc2)c2ccccc2OC1. The number of carbonyl (C=O) groups excluding carboxylic acids is 1. The van der Waals surface area contributed by atoms with Gasteiger partial charge in [-0.1, -0.05) is 94.4 Å². The van der Waals surface area contributed by atoms with Crippen LogP contribution in [-0.2, 0) is 4.79 Å². The first-order valence-electron chi connectivity index (χ1n) is 11.4. The molecule has 0 aliphatic carbocycles. The summed E-state index contributed by atoms with van der Waals surface area (Å²) in [5.41, 5.74) is 7.56. The summed E-state index contributed by atoms with van der Waals surface area (Å²) in [6, 6.07) is 24.6. The molecule has 3 heteroatoms. The van der Waals surface area contributed by atoms with Crippen LogP contribution in [-0.4, -0.2) is 12.5 Å². The summed E-state index contributed by atoms with van der Waals surface area (Å²) in [7, 11) is 0. The second kappa shape index (κ2) is 9.44. The first-order chi connectivity index (χ1) is 15.5. The van der Waals surface area contributed by atoms with Crippen LogP contribution in [0, 0.1) is 0 Å². The highest BCUT2D eigenvalue weighted by Gasteiger charge is 2.24. The maximum atomic E-state index is 13.3. The number of ether oxygens (including phenoxy) is 1. The number of benzene rings is 3. The molecule has 0 unspecified atom stereocenters. The number of carbonyl (C=O) groups is 1. The van der Waals surface area contributed by atoms with Gasteiger partial charge in [0.15, 0.2) is 0 Å². The van der Waals surface area contributed by atoms with Crippen LogP contribution in [0.25, 0.3) is 5.57 Å². The summed E-state index contributed by atoms with van der Waals surface area (Å²) in [5, 5.41) is 3.26. The number of amides is 1. The predicted octanol–water partition coefficient (Wildman–Crippen LogP) is 7.16. The smallest absolute Gasteiger partial charge is 0.228 e. The molecule has 0 saturated heterocycles. The van der Waals surface area contributed by atoms with Gasteiger partial charge < -0.3 is 10.1 Å². The van der Waals surface area contributed by atoms with Crippen LogP contribution in [0.3, 0.4) is 0 Å². The molecule has 1 amide bonds. The van der Waals surface area contributed by atoms with E-state index in [4.69, 9.17) is 4.74 Å². The molecule has 0 bridgehead atoms. The zero-order valence-electron chi connectivity index (χ0n) is 19.3. The predicted molar refractivity (Wildman–Crippen MR) is 132 cm³/mol. The van der Waals surface area contributed by atoms with E-state index in [2.05, 4.69) is 69.4 Å². The van der Waals surface area contributed by atoms with E-state index < -0.39 is 0 Å². The zero-order valence-corrected chi connectivity index (χ0v) is 19.3. The molecule has 0 spiro atoms. The Balaban J connectivity index is 1.71. The molecule has 164 valence electrons. The summed E-state index contributed by atoms with van der Waals surface area (Å²) >= 11 is 0. The van der Waals surface area contributed by atoms with E-state index in [1.165, 1.54) is 11.1 Å². The molecule has 0 radical (unpaired) electrons. The fourth-order valence-corrected chi connectivity index (χ4v) is 4.40. The molecule has 4 rings (SSSR count). The van der Waals surface area contributed by atoms with Gasteiger partial charge in [0.2, 0.25) is 5.91 Å². The Morgan fingerprint density at radius 3 is 2.12 bits per heavy atom. The second-order valence-corrected chi connectivity index (χ2v) is 8.98. The van der Waals surface area contributed by atoms with E-state index in [0.29, 0.717) is 24.9 Å². The monoisotopic (exact) mass is 425 g/mol. The first kappa shape index (κ1) is 21.9. The van der Waals surface area contributed by atoms with E-state index in [-0.39, 0.29) is 5.91 Å². The van der Waals surface area contributed by atoms with Crippen LogP contribution in [0.4, 0.5) is 5.69 Å². The van der Waals surface area contributed by atoms with Gasteiger partial charge in [-0.2, -0.15) is 0 Å². The highest BCUT2D eigenvalue weighted by Crippen LogP contribution is 2.39. The third-order valence-corrected chi connectivity index (χ3v) is 5.99. The molecular formula is C29H31NO2. The van der Waals surface area contributed by atoms with E-state index >= 15 is 0 Å². The highest BCUT2D eigenvalue weighted by molar-refractivity contribution is 5.97. The number of nitrogens with one attached hydrogen (secondary N) is 1. The van der Waals surface area contributed by atoms with Crippen molar-refractivity contribution in [1.29, 1.82) is 0 Å². The number of rotatable bonds is 6. The van der Waals surface area contributed by atoms with Crippen molar-refractivity contribution in [2.45, 2.75) is 46.0 Å². The van der Waals surface area contributed by atoms with E-state index in [9.17, 15) is 4.79 Å². The van der Waals surface area contributed by atoms with Crippen LogP contribution in [0.5, 0.6) is 5.75 Å². The van der Waals surface area contributed by atoms with Crippen molar-refractivity contribution in [2.24, 2.45) is 0 Å². The minimum absolute atomic E-state index is 0.00795. The number of hydrogen-bond donors (Lipinski definition) is 1. The van der Waals surface area contributed by atoms with Gasteiger partial charge in [0.05, 0.1) is 6.42 Å². The van der Waals surface area contributed by atoms with Gasteiger partial charge in [0, 0.05) is 11.3 Å². The van der Waals surface area contributed by atoms with Crippen LogP contribution < -0.4 is 10.1 Å². The molecule has 0 aromatic heterocycles. The van der Waals surface area contributed by atoms with E-state index in [1.54, 1.807) is 0 Å². The molecule has 1 aliphatic rings. The molecule has 0 atom stereocenters. The normalized spacial score (nSPS) is 13.2. The molecule has 1 aliphatic heterocycles. The van der Waals surface area contributed by atoms with Crippen LogP contribution in [0.2, 0.25) is 0 Å². The Bertz CT molecular complexity index is 1120. The Morgan fingerprint density at radius 2 is 1.47 bits per heavy atom. The fraction of sp³-hybridized carbons (Fsp3) is 0.276. The van der Waals surface area contributed by atoms with E-state index in [1.807, 2.05) is 36.4 Å². The summed E-state index contributed by atoms with van der Waals surface area (Å²) < 4.78 is 6.02. The molecule has 32 heavy (non-hydrogen) atoms. The quantitative estimate of drug-likeness (QED) is 0.455. The van der Waals surface area contributed by atoms with Gasteiger partial charge in [-0.3, -0.25) is 4.79 Å². The lowest BCUT2D eigenvalue weighted by Crippen LogP contribution is -2.20. The molecule has 3 aromatic carbocycles. The van der Waals surface area contributed by atoms with Crippen molar-refractivity contribution in [3.63, 3.8) is 0 Å². The molecule has 3 aromatic rings. The third-order valence-electron chi connectivity index (χ3n) is 5.99. The minimum atomic E-state index is -0.00795. The lowest BCUT2D eigenvalue weighted by atomic mass is 9.89. The Labute approximate surface area is 191 Å². The third kappa shape index (κ3) is 4.47. The van der Waals surface area contributed by atoms with Gasteiger partial charge in [-0.25, -0.2) is 0 Å². The van der Waals surface area contributed by atoms with Crippen molar-refractivity contribution >= 4 is 17.2 Å². The van der Waals surface area contributed by atoms with Gasteiger partial charge in [0.1, 0.15) is 12.4 Å². The highest BCUT2D eigenvalue weighted by atomic mass is 16.5. The second-order valence-electron chi connectivity index (χ2n) is 8.98. The lowest BCUT2D eigenvalue weighted by Gasteiger charge is -2.25. The fourth-order valence-electron chi connectivity index (χ4n) is 4.40. The van der Waals surface area contributed by atoms with Crippen molar-refractivity contribution in [2.75, 3.05) is 11.9 Å². The van der Waals surface area contributed by atoms with Crippen LogP contribution in [0.15, 0.2) is 78.4 Å². The Hall–Kier alpha value is -3.33. The molecule has 1 heterocycles. The Kier molecular flexibility index (Phi) is 6.45. The maximum Gasteiger partial charge on any atom is 0.228 e. The van der Waals surface area contributed by atoms with E-state index in [0.717, 1.165) is 33.7 Å². The average Bonchev–Trinajstić information content (AvgIpc) is 2.79. The lowest BCUT2D eigenvalue weighted by molar-refractivity contribution is -0.115. The standard InChI is InChI=1S/C29H31NO2/c1-19(2)23-14-10-15-24(20(3)4)29(23)30-27(31)17-22-18-32-26-16-9-8-13-25(26)28(22)21-11-6-5-7-12-21/h5-16,19-20H,17-18H2,1-4H3,(H,30,31). The van der Waals surface area contributed by atoms with Gasteiger partial charge in [-0.15, -0.1) is 0 Å². The van der Waals surface area contributed by atoms with Gasteiger partial charge >= 0.3 is 0 Å². The molecular weight excluding hydrogens is 394 g/mol. The number of hydrogen-bond acceptors (Lipinski definition) is 2. The molecule has 0 saturated carbocycles. The van der Waals surface area contributed by atoms with Crippen LogP contribution in [0.1, 0.15) is 68.2 Å². The summed E-state index contributed by atoms with van der Waals surface area (Å²) in [5.74, 6) is 1.51. The van der Waals surface area contributed by atoms with Crippen molar-refractivity contribution < 1.29 is 9.53 Å². The Morgan fingerprint density at radius 1 is 0.844 bits per heavy atom. The topological polar surface area (TPSA) is 38.3 Å². The zero-order chi connectivity index (χ0) is 22.7. The number of anilines is 1. The summed E-state index contributed by atoms with van der Waals surface area (Å²) in [6.45, 7) is 9.07. The van der Waals surface area contributed by atoms with Gasteiger partial charge in [0.25, 0.3) is 0 Å². The summed E-state index contributed by atoms with van der Waals surface area (Å²) in [6.07, 6.45) is 0.294. The average molecular weight is 426 g/mol. The van der Waals surface area contributed by atoms with Gasteiger partial charge in [-0.05, 0) is 45.7 Å². The number of fused-ring (bicyclic) bond motifs is 1. The minimum Gasteiger partial charge on any atom is -0.489 e. The first-order valence-corrected chi connectivity index (χ1v) is 11.4. The summed E-state index contributed by atoms with van der Waals surface area (Å²) in [4.78, 5) is 13.3. The van der Waals surface area contributed by atoms with Crippen molar-refractivity contribution in [1.82, 2.24) is 0 Å². The molecule has 0 fully saturated rings. The molecule has 3 nitrogen and oxygen atoms in total. The number of para-hydroxylation sites is 2.